The van der Waals surface area contributed by atoms with Crippen molar-refractivity contribution in [2.24, 2.45) is 0 Å². The summed E-state index contributed by atoms with van der Waals surface area (Å²) in [6.45, 7) is 2.07. The first-order valence-corrected chi connectivity index (χ1v) is 7.11. The van der Waals surface area contributed by atoms with Gasteiger partial charge in [0, 0.05) is 16.6 Å². The molecule has 0 amide bonds. The SMILES string of the molecule is CCC(Nc1ccc(Cl)c([N+](=O)[O-])c1)c1cccs1. The van der Waals surface area contributed by atoms with Crippen LogP contribution in [0.2, 0.25) is 5.02 Å². The summed E-state index contributed by atoms with van der Waals surface area (Å²) in [5.74, 6) is 0. The van der Waals surface area contributed by atoms with Gasteiger partial charge in [-0.1, -0.05) is 24.6 Å². The van der Waals surface area contributed by atoms with E-state index in [-0.39, 0.29) is 16.8 Å². The molecule has 1 aromatic carbocycles. The maximum Gasteiger partial charge on any atom is 0.289 e. The lowest BCUT2D eigenvalue weighted by molar-refractivity contribution is -0.384. The number of nitrogens with one attached hydrogen (secondary N) is 1. The van der Waals surface area contributed by atoms with Gasteiger partial charge in [0.2, 0.25) is 0 Å². The Morgan fingerprint density at radius 1 is 1.47 bits per heavy atom. The number of nitro groups is 1. The van der Waals surface area contributed by atoms with E-state index in [1.54, 1.807) is 23.5 Å². The molecular weight excluding hydrogens is 284 g/mol. The van der Waals surface area contributed by atoms with Crippen LogP contribution in [0.5, 0.6) is 0 Å². The van der Waals surface area contributed by atoms with Gasteiger partial charge in [-0.25, -0.2) is 0 Å². The number of halogens is 1. The Morgan fingerprint density at radius 2 is 2.26 bits per heavy atom. The van der Waals surface area contributed by atoms with Crippen LogP contribution in [-0.4, -0.2) is 4.92 Å². The van der Waals surface area contributed by atoms with E-state index in [4.69, 9.17) is 11.6 Å². The van der Waals surface area contributed by atoms with Crippen LogP contribution in [0.1, 0.15) is 24.3 Å². The van der Waals surface area contributed by atoms with Crippen molar-refractivity contribution in [1.29, 1.82) is 0 Å². The maximum atomic E-state index is 10.9. The van der Waals surface area contributed by atoms with Gasteiger partial charge in [0.1, 0.15) is 5.02 Å². The molecule has 19 heavy (non-hydrogen) atoms. The van der Waals surface area contributed by atoms with E-state index in [0.29, 0.717) is 5.69 Å². The fourth-order valence-corrected chi connectivity index (χ4v) is 2.86. The minimum atomic E-state index is -0.473. The summed E-state index contributed by atoms with van der Waals surface area (Å²) in [7, 11) is 0. The number of hydrogen-bond acceptors (Lipinski definition) is 4. The second-order valence-corrected chi connectivity index (χ2v) is 5.43. The number of rotatable bonds is 5. The molecule has 0 fully saturated rings. The van der Waals surface area contributed by atoms with Crippen LogP contribution >= 0.6 is 22.9 Å². The zero-order valence-electron chi connectivity index (χ0n) is 10.3. The van der Waals surface area contributed by atoms with Gasteiger partial charge in [-0.2, -0.15) is 0 Å². The zero-order valence-corrected chi connectivity index (χ0v) is 11.9. The predicted molar refractivity (Wildman–Crippen MR) is 79.1 cm³/mol. The third kappa shape index (κ3) is 3.24. The minimum absolute atomic E-state index is 0.0762. The van der Waals surface area contributed by atoms with Crippen molar-refractivity contribution in [1.82, 2.24) is 0 Å². The topological polar surface area (TPSA) is 55.2 Å². The third-order valence-corrected chi connectivity index (χ3v) is 4.08. The smallest absolute Gasteiger partial charge is 0.289 e. The molecule has 6 heteroatoms. The molecule has 0 saturated heterocycles. The lowest BCUT2D eigenvalue weighted by Crippen LogP contribution is -2.08. The van der Waals surface area contributed by atoms with Crippen LogP contribution in [0.15, 0.2) is 35.7 Å². The Morgan fingerprint density at radius 3 is 2.84 bits per heavy atom. The molecule has 0 spiro atoms. The number of anilines is 1. The molecule has 1 heterocycles. The number of thiophene rings is 1. The Balaban J connectivity index is 2.23. The largest absolute Gasteiger partial charge is 0.377 e. The first kappa shape index (κ1) is 13.8. The monoisotopic (exact) mass is 296 g/mol. The number of benzene rings is 1. The zero-order chi connectivity index (χ0) is 13.8. The van der Waals surface area contributed by atoms with Crippen molar-refractivity contribution in [2.45, 2.75) is 19.4 Å². The molecular formula is C13H13ClN2O2S. The van der Waals surface area contributed by atoms with Crippen molar-refractivity contribution in [3.63, 3.8) is 0 Å². The summed E-state index contributed by atoms with van der Waals surface area (Å²) < 4.78 is 0. The fraction of sp³-hybridized carbons (Fsp3) is 0.231. The Hall–Kier alpha value is -1.59. The molecule has 0 aliphatic carbocycles. The van der Waals surface area contributed by atoms with Crippen molar-refractivity contribution >= 4 is 34.3 Å². The molecule has 0 saturated carbocycles. The average Bonchev–Trinajstić information content (AvgIpc) is 2.91. The van der Waals surface area contributed by atoms with E-state index in [1.807, 2.05) is 11.4 Å². The standard InChI is InChI=1S/C13H13ClN2O2S/c1-2-11(13-4-3-7-19-13)15-9-5-6-10(14)12(8-9)16(17)18/h3-8,11,15H,2H2,1H3. The van der Waals surface area contributed by atoms with Crippen LogP contribution in [0, 0.1) is 10.1 Å². The average molecular weight is 297 g/mol. The van der Waals surface area contributed by atoms with Crippen molar-refractivity contribution in [3.05, 3.63) is 55.7 Å². The summed E-state index contributed by atoms with van der Waals surface area (Å²) >= 11 is 7.46. The van der Waals surface area contributed by atoms with Gasteiger partial charge in [0.25, 0.3) is 5.69 Å². The predicted octanol–water partition coefficient (Wildman–Crippen LogP) is 4.87. The molecule has 2 aromatic rings. The van der Waals surface area contributed by atoms with Gasteiger partial charge in [-0.15, -0.1) is 11.3 Å². The molecule has 4 nitrogen and oxygen atoms in total. The van der Waals surface area contributed by atoms with E-state index in [1.165, 1.54) is 10.9 Å². The molecule has 0 radical (unpaired) electrons. The summed E-state index contributed by atoms with van der Waals surface area (Å²) in [6.07, 6.45) is 0.900. The van der Waals surface area contributed by atoms with Crippen molar-refractivity contribution < 1.29 is 4.92 Å². The molecule has 0 bridgehead atoms. The van der Waals surface area contributed by atoms with Crippen LogP contribution in [0.25, 0.3) is 0 Å². The molecule has 0 aliphatic rings. The van der Waals surface area contributed by atoms with E-state index < -0.39 is 4.92 Å². The van der Waals surface area contributed by atoms with Crippen molar-refractivity contribution in [2.75, 3.05) is 5.32 Å². The second-order valence-electron chi connectivity index (χ2n) is 4.04. The lowest BCUT2D eigenvalue weighted by Gasteiger charge is -2.16. The van der Waals surface area contributed by atoms with Crippen LogP contribution in [0.4, 0.5) is 11.4 Å². The van der Waals surface area contributed by atoms with Gasteiger partial charge >= 0.3 is 0 Å². The second kappa shape index (κ2) is 6.04. The summed E-state index contributed by atoms with van der Waals surface area (Å²) in [6, 6.07) is 8.97. The Bertz CT molecular complexity index is 572. The highest BCUT2D eigenvalue weighted by atomic mass is 35.5. The highest BCUT2D eigenvalue weighted by Crippen LogP contribution is 2.31. The Labute approximate surface area is 120 Å². The van der Waals surface area contributed by atoms with Crippen LogP contribution in [0.3, 0.4) is 0 Å². The summed E-state index contributed by atoms with van der Waals surface area (Å²) in [4.78, 5) is 11.6. The summed E-state index contributed by atoms with van der Waals surface area (Å²) in [5, 5.41) is 16.3. The quantitative estimate of drug-likeness (QED) is 0.632. The van der Waals surface area contributed by atoms with Gasteiger partial charge in [0.05, 0.1) is 11.0 Å². The van der Waals surface area contributed by atoms with E-state index in [2.05, 4.69) is 18.3 Å². The first-order chi connectivity index (χ1) is 9.11. The number of nitrogens with zero attached hydrogens (tertiary/aromatic N) is 1. The van der Waals surface area contributed by atoms with Gasteiger partial charge in [0.15, 0.2) is 0 Å². The summed E-state index contributed by atoms with van der Waals surface area (Å²) in [5.41, 5.74) is 0.629. The van der Waals surface area contributed by atoms with E-state index >= 15 is 0 Å². The van der Waals surface area contributed by atoms with Crippen molar-refractivity contribution in [3.8, 4) is 0 Å². The molecule has 1 N–H and O–H groups in total. The maximum absolute atomic E-state index is 10.9. The molecule has 2 rings (SSSR count). The first-order valence-electron chi connectivity index (χ1n) is 5.85. The highest BCUT2D eigenvalue weighted by molar-refractivity contribution is 7.10. The third-order valence-electron chi connectivity index (χ3n) is 2.78. The number of hydrogen-bond donors (Lipinski definition) is 1. The minimum Gasteiger partial charge on any atom is -0.377 e. The normalized spacial score (nSPS) is 12.1. The van der Waals surface area contributed by atoms with Crippen LogP contribution < -0.4 is 5.32 Å². The van der Waals surface area contributed by atoms with Gasteiger partial charge in [-0.3, -0.25) is 10.1 Å². The lowest BCUT2D eigenvalue weighted by atomic mass is 10.1. The molecule has 1 unspecified atom stereocenters. The number of nitro benzene ring substituents is 1. The van der Waals surface area contributed by atoms with Gasteiger partial charge < -0.3 is 5.32 Å². The molecule has 1 aromatic heterocycles. The van der Waals surface area contributed by atoms with Gasteiger partial charge in [-0.05, 0) is 30.0 Å². The molecule has 1 atom stereocenters. The molecule has 0 aliphatic heterocycles. The fourth-order valence-electron chi connectivity index (χ4n) is 1.81. The Kier molecular flexibility index (Phi) is 4.39. The van der Waals surface area contributed by atoms with E-state index in [0.717, 1.165) is 6.42 Å². The van der Waals surface area contributed by atoms with Crippen LogP contribution in [-0.2, 0) is 0 Å². The molecule has 100 valence electrons. The highest BCUT2D eigenvalue weighted by Gasteiger charge is 2.15. The van der Waals surface area contributed by atoms with E-state index in [9.17, 15) is 10.1 Å².